The normalized spacial score (nSPS) is 19.1. The van der Waals surface area contributed by atoms with Crippen LogP contribution in [0.2, 0.25) is 0 Å². The zero-order valence-corrected chi connectivity index (χ0v) is 13.4. The number of carboxylic acids is 1. The van der Waals surface area contributed by atoms with E-state index in [0.29, 0.717) is 12.2 Å². The van der Waals surface area contributed by atoms with Gasteiger partial charge < -0.3 is 10.0 Å². The molecule has 0 saturated carbocycles. The number of nitrogens with zero attached hydrogens (tertiary/aromatic N) is 2. The van der Waals surface area contributed by atoms with Crippen LogP contribution >= 0.6 is 15.9 Å². The van der Waals surface area contributed by atoms with E-state index in [1.165, 1.54) is 6.07 Å². The molecule has 1 aromatic rings. The molecule has 110 valence electrons. The first-order valence-corrected chi connectivity index (χ1v) is 7.21. The van der Waals surface area contributed by atoms with Gasteiger partial charge >= 0.3 is 5.97 Å². The van der Waals surface area contributed by atoms with Crippen molar-refractivity contribution in [3.05, 3.63) is 28.0 Å². The minimum atomic E-state index is -1.14. The first-order valence-electron chi connectivity index (χ1n) is 6.41. The topological polar surface area (TPSA) is 43.8 Å². The molecule has 0 radical (unpaired) electrons. The van der Waals surface area contributed by atoms with Gasteiger partial charge in [0.05, 0.1) is 15.7 Å². The molecule has 0 aromatic heterocycles. The van der Waals surface area contributed by atoms with Crippen molar-refractivity contribution < 1.29 is 14.3 Å². The van der Waals surface area contributed by atoms with Crippen molar-refractivity contribution in [2.24, 2.45) is 0 Å². The number of anilines is 1. The van der Waals surface area contributed by atoms with E-state index in [1.54, 1.807) is 6.07 Å². The van der Waals surface area contributed by atoms with Gasteiger partial charge in [0.25, 0.3) is 0 Å². The highest BCUT2D eigenvalue weighted by molar-refractivity contribution is 9.10. The Kier molecular flexibility index (Phi) is 4.07. The Morgan fingerprint density at radius 3 is 2.60 bits per heavy atom. The summed E-state index contributed by atoms with van der Waals surface area (Å²) in [4.78, 5) is 15.2. The Morgan fingerprint density at radius 2 is 2.05 bits per heavy atom. The molecule has 4 nitrogen and oxygen atoms in total. The van der Waals surface area contributed by atoms with Crippen molar-refractivity contribution in [1.82, 2.24) is 4.90 Å². The van der Waals surface area contributed by atoms with Gasteiger partial charge in [0.2, 0.25) is 0 Å². The van der Waals surface area contributed by atoms with Gasteiger partial charge in [0.1, 0.15) is 0 Å². The standard InChI is InChI=1S/C14H18BrFN2O2/c1-14(2)8-18(7-6-17(14)3)10-5-4-9(13(19)20)11(15)12(10)16/h4-5H,6-8H2,1-3H3,(H,19,20). The lowest BCUT2D eigenvalue weighted by Crippen LogP contribution is -2.57. The maximum atomic E-state index is 14.4. The van der Waals surface area contributed by atoms with Crippen LogP contribution in [0.5, 0.6) is 0 Å². The Hall–Kier alpha value is -1.14. The summed E-state index contributed by atoms with van der Waals surface area (Å²) in [7, 11) is 2.05. The molecule has 0 spiro atoms. The minimum absolute atomic E-state index is 0.0132. The zero-order valence-electron chi connectivity index (χ0n) is 11.8. The second-order valence-electron chi connectivity index (χ2n) is 5.72. The summed E-state index contributed by atoms with van der Waals surface area (Å²) in [6, 6.07) is 2.99. The summed E-state index contributed by atoms with van der Waals surface area (Å²) < 4.78 is 14.4. The molecule has 0 amide bonds. The SMILES string of the molecule is CN1CCN(c2ccc(C(=O)O)c(Br)c2F)CC1(C)C. The van der Waals surface area contributed by atoms with Crippen molar-refractivity contribution >= 4 is 27.6 Å². The van der Waals surface area contributed by atoms with Crippen LogP contribution in [0.25, 0.3) is 0 Å². The first-order chi connectivity index (χ1) is 9.24. The molecular weight excluding hydrogens is 327 g/mol. The van der Waals surface area contributed by atoms with Gasteiger partial charge in [0, 0.05) is 25.2 Å². The molecule has 1 saturated heterocycles. The molecule has 20 heavy (non-hydrogen) atoms. The highest BCUT2D eigenvalue weighted by Crippen LogP contribution is 2.32. The molecule has 0 atom stereocenters. The minimum Gasteiger partial charge on any atom is -0.478 e. The van der Waals surface area contributed by atoms with E-state index in [-0.39, 0.29) is 15.6 Å². The Morgan fingerprint density at radius 1 is 1.40 bits per heavy atom. The molecule has 1 fully saturated rings. The fourth-order valence-corrected chi connectivity index (χ4v) is 2.90. The second-order valence-corrected chi connectivity index (χ2v) is 6.51. The number of hydrogen-bond donors (Lipinski definition) is 1. The van der Waals surface area contributed by atoms with Gasteiger partial charge in [-0.3, -0.25) is 4.90 Å². The van der Waals surface area contributed by atoms with Gasteiger partial charge in [-0.25, -0.2) is 9.18 Å². The third-order valence-corrected chi connectivity index (χ3v) is 4.72. The number of piperazine rings is 1. The van der Waals surface area contributed by atoms with Crippen LogP contribution in [0, 0.1) is 5.82 Å². The Balaban J connectivity index is 2.35. The number of hydrogen-bond acceptors (Lipinski definition) is 3. The van der Waals surface area contributed by atoms with E-state index >= 15 is 0 Å². The summed E-state index contributed by atoms with van der Waals surface area (Å²) >= 11 is 3.05. The van der Waals surface area contributed by atoms with Gasteiger partial charge in [-0.2, -0.15) is 0 Å². The van der Waals surface area contributed by atoms with E-state index < -0.39 is 11.8 Å². The second kappa shape index (κ2) is 5.33. The zero-order chi connectivity index (χ0) is 15.1. The molecule has 6 heteroatoms. The van der Waals surface area contributed by atoms with E-state index in [9.17, 15) is 9.18 Å². The van der Waals surface area contributed by atoms with Crippen molar-refractivity contribution in [1.29, 1.82) is 0 Å². The van der Waals surface area contributed by atoms with Crippen LogP contribution in [0.3, 0.4) is 0 Å². The summed E-state index contributed by atoms with van der Waals surface area (Å²) in [5.74, 6) is -1.65. The third-order valence-electron chi connectivity index (χ3n) is 3.95. The number of benzene rings is 1. The summed E-state index contributed by atoms with van der Waals surface area (Å²) in [6.45, 7) is 6.47. The van der Waals surface area contributed by atoms with Crippen LogP contribution in [-0.4, -0.2) is 48.2 Å². The highest BCUT2D eigenvalue weighted by Gasteiger charge is 2.32. The molecule has 1 N–H and O–H groups in total. The summed E-state index contributed by atoms with van der Waals surface area (Å²) in [5.41, 5.74) is 0.338. The fourth-order valence-electron chi connectivity index (χ4n) is 2.39. The Bertz CT molecular complexity index is 548. The molecule has 1 heterocycles. The maximum Gasteiger partial charge on any atom is 0.336 e. The molecule has 1 aromatic carbocycles. The Labute approximate surface area is 126 Å². The molecule has 0 aliphatic carbocycles. The predicted molar refractivity (Wildman–Crippen MR) is 80.0 cm³/mol. The molecule has 0 unspecified atom stereocenters. The monoisotopic (exact) mass is 344 g/mol. The molecule has 1 aliphatic rings. The van der Waals surface area contributed by atoms with Crippen molar-refractivity contribution in [3.8, 4) is 0 Å². The van der Waals surface area contributed by atoms with E-state index in [0.717, 1.165) is 13.1 Å². The van der Waals surface area contributed by atoms with Gasteiger partial charge in [-0.05, 0) is 49.0 Å². The lowest BCUT2D eigenvalue weighted by molar-refractivity contribution is 0.0695. The average Bonchev–Trinajstić information content (AvgIpc) is 2.35. The maximum absolute atomic E-state index is 14.4. The lowest BCUT2D eigenvalue weighted by atomic mass is 9.99. The predicted octanol–water partition coefficient (Wildman–Crippen LogP) is 2.82. The van der Waals surface area contributed by atoms with Crippen LogP contribution in [0.4, 0.5) is 10.1 Å². The van der Waals surface area contributed by atoms with Crippen LogP contribution in [0.1, 0.15) is 24.2 Å². The number of likely N-dealkylation sites (N-methyl/N-ethyl adjacent to an activating group) is 1. The molecule has 1 aliphatic heterocycles. The smallest absolute Gasteiger partial charge is 0.336 e. The largest absolute Gasteiger partial charge is 0.478 e. The number of carbonyl (C=O) groups is 1. The average molecular weight is 345 g/mol. The van der Waals surface area contributed by atoms with Crippen LogP contribution in [-0.2, 0) is 0 Å². The van der Waals surface area contributed by atoms with E-state index in [4.69, 9.17) is 5.11 Å². The molecule has 0 bridgehead atoms. The van der Waals surface area contributed by atoms with Crippen LogP contribution in [0.15, 0.2) is 16.6 Å². The van der Waals surface area contributed by atoms with Crippen molar-refractivity contribution in [2.45, 2.75) is 19.4 Å². The third kappa shape index (κ3) is 2.67. The quantitative estimate of drug-likeness (QED) is 0.895. The van der Waals surface area contributed by atoms with E-state index in [2.05, 4.69) is 41.7 Å². The van der Waals surface area contributed by atoms with Gasteiger partial charge in [0.15, 0.2) is 5.82 Å². The lowest BCUT2D eigenvalue weighted by Gasteiger charge is -2.46. The number of rotatable bonds is 2. The number of aromatic carboxylic acids is 1. The highest BCUT2D eigenvalue weighted by atomic mass is 79.9. The summed E-state index contributed by atoms with van der Waals surface area (Å²) in [6.07, 6.45) is 0. The summed E-state index contributed by atoms with van der Waals surface area (Å²) in [5, 5.41) is 8.99. The molecule has 2 rings (SSSR count). The van der Waals surface area contributed by atoms with Gasteiger partial charge in [-0.15, -0.1) is 0 Å². The number of carboxylic acid groups (broad SMARTS) is 1. The first kappa shape index (κ1) is 15.3. The number of halogens is 2. The van der Waals surface area contributed by atoms with Crippen molar-refractivity contribution in [3.63, 3.8) is 0 Å². The van der Waals surface area contributed by atoms with Crippen molar-refractivity contribution in [2.75, 3.05) is 31.6 Å². The molecular formula is C14H18BrFN2O2. The fraction of sp³-hybridized carbons (Fsp3) is 0.500. The van der Waals surface area contributed by atoms with E-state index in [1.807, 2.05) is 4.90 Å². The van der Waals surface area contributed by atoms with Gasteiger partial charge in [-0.1, -0.05) is 0 Å². The van der Waals surface area contributed by atoms with Crippen LogP contribution < -0.4 is 4.90 Å².